The van der Waals surface area contributed by atoms with Crippen LogP contribution in [-0.4, -0.2) is 25.0 Å². The summed E-state index contributed by atoms with van der Waals surface area (Å²) in [5.41, 5.74) is 0. The zero-order valence-electron chi connectivity index (χ0n) is 8.60. The molecule has 0 bridgehead atoms. The minimum absolute atomic E-state index is 0.0625. The molecule has 0 saturated carbocycles. The number of rotatable bonds is 4. The van der Waals surface area contributed by atoms with Crippen molar-refractivity contribution < 1.29 is 4.79 Å². The molecule has 3 nitrogen and oxygen atoms in total. The normalized spacial score (nSPS) is 23.3. The van der Waals surface area contributed by atoms with E-state index in [2.05, 4.69) is 24.5 Å². The van der Waals surface area contributed by atoms with Gasteiger partial charge in [0, 0.05) is 13.1 Å². The van der Waals surface area contributed by atoms with Crippen LogP contribution in [-0.2, 0) is 4.79 Å². The lowest BCUT2D eigenvalue weighted by molar-refractivity contribution is -0.124. The zero-order valence-corrected chi connectivity index (χ0v) is 8.60. The Labute approximate surface area is 80.3 Å². The summed E-state index contributed by atoms with van der Waals surface area (Å²) in [5, 5.41) is 6.10. The molecule has 1 atom stereocenters. The van der Waals surface area contributed by atoms with Crippen LogP contribution in [0.4, 0.5) is 0 Å². The minimum Gasteiger partial charge on any atom is -0.353 e. The molecule has 2 N–H and O–H groups in total. The van der Waals surface area contributed by atoms with Crippen molar-refractivity contribution in [2.24, 2.45) is 5.92 Å². The summed E-state index contributed by atoms with van der Waals surface area (Å²) >= 11 is 0. The largest absolute Gasteiger partial charge is 0.353 e. The van der Waals surface area contributed by atoms with Crippen LogP contribution in [0.2, 0.25) is 0 Å². The van der Waals surface area contributed by atoms with Crippen LogP contribution in [0.3, 0.4) is 0 Å². The molecule has 76 valence electrons. The van der Waals surface area contributed by atoms with Gasteiger partial charge in [0.15, 0.2) is 0 Å². The second-order valence-electron chi connectivity index (χ2n) is 4.12. The first-order chi connectivity index (χ1) is 6.20. The van der Waals surface area contributed by atoms with Crippen LogP contribution in [0, 0.1) is 5.92 Å². The van der Waals surface area contributed by atoms with Gasteiger partial charge in [0.1, 0.15) is 0 Å². The summed E-state index contributed by atoms with van der Waals surface area (Å²) in [6.45, 7) is 6.13. The highest BCUT2D eigenvalue weighted by Gasteiger charge is 2.20. The van der Waals surface area contributed by atoms with E-state index in [-0.39, 0.29) is 11.9 Å². The Kier molecular flexibility index (Phi) is 4.22. The Morgan fingerprint density at radius 2 is 2.23 bits per heavy atom. The molecule has 1 aliphatic heterocycles. The molecular formula is C10H20N2O. The van der Waals surface area contributed by atoms with Crippen molar-refractivity contribution >= 4 is 5.91 Å². The third kappa shape index (κ3) is 3.77. The molecule has 3 heteroatoms. The smallest absolute Gasteiger partial charge is 0.237 e. The third-order valence-corrected chi connectivity index (χ3v) is 2.41. The molecule has 1 heterocycles. The van der Waals surface area contributed by atoms with Crippen LogP contribution in [0.15, 0.2) is 0 Å². The molecule has 1 rings (SSSR count). The molecular weight excluding hydrogens is 164 g/mol. The van der Waals surface area contributed by atoms with Crippen molar-refractivity contribution in [2.45, 2.75) is 39.2 Å². The molecule has 0 aliphatic carbocycles. The van der Waals surface area contributed by atoms with Crippen LogP contribution in [0.1, 0.15) is 33.1 Å². The van der Waals surface area contributed by atoms with E-state index in [1.165, 1.54) is 6.42 Å². The Bertz CT molecular complexity index is 168. The highest BCUT2D eigenvalue weighted by Crippen LogP contribution is 2.09. The average Bonchev–Trinajstić information content (AvgIpc) is 2.08. The summed E-state index contributed by atoms with van der Waals surface area (Å²) in [7, 11) is 0. The van der Waals surface area contributed by atoms with Crippen molar-refractivity contribution in [2.75, 3.05) is 13.1 Å². The molecule has 1 unspecified atom stereocenters. The fourth-order valence-corrected chi connectivity index (χ4v) is 1.61. The van der Waals surface area contributed by atoms with E-state index >= 15 is 0 Å². The molecule has 0 aromatic heterocycles. The SMILES string of the molecule is CC(C)CCCC1NCCNC1=O. The lowest BCUT2D eigenvalue weighted by Crippen LogP contribution is -2.52. The van der Waals surface area contributed by atoms with Crippen LogP contribution in [0.5, 0.6) is 0 Å². The maximum Gasteiger partial charge on any atom is 0.237 e. The molecule has 0 aromatic rings. The maximum atomic E-state index is 11.3. The molecule has 0 spiro atoms. The molecule has 0 radical (unpaired) electrons. The summed E-state index contributed by atoms with van der Waals surface area (Å²) in [5.74, 6) is 0.918. The Morgan fingerprint density at radius 3 is 2.85 bits per heavy atom. The maximum absolute atomic E-state index is 11.3. The van der Waals surface area contributed by atoms with Crippen molar-refractivity contribution in [1.82, 2.24) is 10.6 Å². The number of carbonyl (C=O) groups is 1. The van der Waals surface area contributed by atoms with E-state index in [0.717, 1.165) is 31.8 Å². The van der Waals surface area contributed by atoms with E-state index < -0.39 is 0 Å². The van der Waals surface area contributed by atoms with E-state index in [9.17, 15) is 4.79 Å². The fourth-order valence-electron chi connectivity index (χ4n) is 1.61. The Balaban J connectivity index is 2.15. The van der Waals surface area contributed by atoms with Gasteiger partial charge in [0.05, 0.1) is 6.04 Å². The second-order valence-corrected chi connectivity index (χ2v) is 4.12. The highest BCUT2D eigenvalue weighted by molar-refractivity contribution is 5.82. The van der Waals surface area contributed by atoms with Gasteiger partial charge in [0.2, 0.25) is 5.91 Å². The van der Waals surface area contributed by atoms with Crippen LogP contribution in [0.25, 0.3) is 0 Å². The van der Waals surface area contributed by atoms with Gasteiger partial charge < -0.3 is 10.6 Å². The number of nitrogens with one attached hydrogen (secondary N) is 2. The summed E-state index contributed by atoms with van der Waals surface area (Å²) < 4.78 is 0. The van der Waals surface area contributed by atoms with Gasteiger partial charge in [0.25, 0.3) is 0 Å². The van der Waals surface area contributed by atoms with Gasteiger partial charge in [-0.3, -0.25) is 4.79 Å². The fraction of sp³-hybridized carbons (Fsp3) is 0.900. The van der Waals surface area contributed by atoms with Gasteiger partial charge in [-0.2, -0.15) is 0 Å². The summed E-state index contributed by atoms with van der Waals surface area (Å²) in [4.78, 5) is 11.3. The molecule has 1 saturated heterocycles. The van der Waals surface area contributed by atoms with Crippen molar-refractivity contribution in [3.05, 3.63) is 0 Å². The standard InChI is InChI=1S/C10H20N2O/c1-8(2)4-3-5-9-10(13)12-7-6-11-9/h8-9,11H,3-7H2,1-2H3,(H,12,13). The number of hydrogen-bond acceptors (Lipinski definition) is 2. The quantitative estimate of drug-likeness (QED) is 0.681. The molecule has 0 aromatic carbocycles. The monoisotopic (exact) mass is 184 g/mol. The average molecular weight is 184 g/mol. The van der Waals surface area contributed by atoms with E-state index in [1.54, 1.807) is 0 Å². The summed E-state index contributed by atoms with van der Waals surface area (Å²) in [6.07, 6.45) is 3.33. The predicted molar refractivity (Wildman–Crippen MR) is 53.5 cm³/mol. The first-order valence-electron chi connectivity index (χ1n) is 5.21. The minimum atomic E-state index is 0.0625. The topological polar surface area (TPSA) is 41.1 Å². The lowest BCUT2D eigenvalue weighted by atomic mass is 10.0. The van der Waals surface area contributed by atoms with Gasteiger partial charge in [-0.05, 0) is 12.3 Å². The predicted octanol–water partition coefficient (Wildman–Crippen LogP) is 0.901. The first kappa shape index (κ1) is 10.5. The first-order valence-corrected chi connectivity index (χ1v) is 5.21. The van der Waals surface area contributed by atoms with E-state index in [1.807, 2.05) is 0 Å². The third-order valence-electron chi connectivity index (χ3n) is 2.41. The summed E-state index contributed by atoms with van der Waals surface area (Å²) in [6, 6.07) is 0.0625. The van der Waals surface area contributed by atoms with E-state index in [0.29, 0.717) is 0 Å². The molecule has 1 amide bonds. The van der Waals surface area contributed by atoms with Gasteiger partial charge in [-0.1, -0.05) is 26.7 Å². The van der Waals surface area contributed by atoms with E-state index in [4.69, 9.17) is 0 Å². The second kappa shape index (κ2) is 5.22. The molecule has 1 fully saturated rings. The number of amides is 1. The van der Waals surface area contributed by atoms with Crippen LogP contribution >= 0.6 is 0 Å². The van der Waals surface area contributed by atoms with Gasteiger partial charge >= 0.3 is 0 Å². The van der Waals surface area contributed by atoms with Crippen LogP contribution < -0.4 is 10.6 Å². The van der Waals surface area contributed by atoms with Gasteiger partial charge in [-0.25, -0.2) is 0 Å². The van der Waals surface area contributed by atoms with Crippen molar-refractivity contribution in [1.29, 1.82) is 0 Å². The Morgan fingerprint density at radius 1 is 1.46 bits per heavy atom. The molecule has 13 heavy (non-hydrogen) atoms. The number of piperazine rings is 1. The molecule has 1 aliphatic rings. The zero-order chi connectivity index (χ0) is 9.68. The Hall–Kier alpha value is -0.570. The number of carbonyl (C=O) groups excluding carboxylic acids is 1. The van der Waals surface area contributed by atoms with Crippen molar-refractivity contribution in [3.8, 4) is 0 Å². The highest BCUT2D eigenvalue weighted by atomic mass is 16.2. The lowest BCUT2D eigenvalue weighted by Gasteiger charge is -2.23. The number of hydrogen-bond donors (Lipinski definition) is 2. The van der Waals surface area contributed by atoms with Gasteiger partial charge in [-0.15, -0.1) is 0 Å². The van der Waals surface area contributed by atoms with Crippen molar-refractivity contribution in [3.63, 3.8) is 0 Å².